The molecule has 1 aromatic heterocycles. The van der Waals surface area contributed by atoms with Crippen molar-refractivity contribution in [1.82, 2.24) is 15.6 Å². The van der Waals surface area contributed by atoms with Crippen LogP contribution in [0, 0.1) is 13.8 Å². The third-order valence-electron chi connectivity index (χ3n) is 6.15. The van der Waals surface area contributed by atoms with Crippen LogP contribution in [-0.4, -0.2) is 48.8 Å². The lowest BCUT2D eigenvalue weighted by Crippen LogP contribution is -2.44. The van der Waals surface area contributed by atoms with Gasteiger partial charge in [0.2, 0.25) is 5.91 Å². The van der Waals surface area contributed by atoms with E-state index in [1.165, 1.54) is 22.2 Å². The summed E-state index contributed by atoms with van der Waals surface area (Å²) >= 11 is 0. The minimum Gasteiger partial charge on any atom is -0.369 e. The molecule has 5 nitrogen and oxygen atoms in total. The molecule has 1 unspecified atom stereocenters. The molecule has 0 spiro atoms. The summed E-state index contributed by atoms with van der Waals surface area (Å²) in [4.78, 5) is 19.3. The molecule has 1 amide bonds. The van der Waals surface area contributed by atoms with E-state index in [0.717, 1.165) is 25.0 Å². The smallest absolute Gasteiger partial charge is 0.223 e. The van der Waals surface area contributed by atoms with E-state index < -0.39 is 5.67 Å². The Morgan fingerprint density at radius 3 is 2.86 bits per heavy atom. The fourth-order valence-electron chi connectivity index (χ4n) is 4.53. The van der Waals surface area contributed by atoms with E-state index in [1.807, 2.05) is 12.3 Å². The molecule has 0 aliphatic carbocycles. The lowest BCUT2D eigenvalue weighted by molar-refractivity contribution is -0.125. The Morgan fingerprint density at radius 1 is 1.29 bits per heavy atom. The van der Waals surface area contributed by atoms with Crippen LogP contribution in [0.25, 0.3) is 10.9 Å². The standard InChI is InChI=1S/C22H29FN4O/c1-15-5-9-25-21-16(2)3-4-18(20(15)21)27-12-6-17(14-27)26-19(28)13-22(23)7-10-24-11-8-22/h3-5,9,17,24H,6-8,10-14H2,1-2H3,(H,26,28). The van der Waals surface area contributed by atoms with Gasteiger partial charge < -0.3 is 15.5 Å². The Hall–Kier alpha value is -2.21. The summed E-state index contributed by atoms with van der Waals surface area (Å²) in [6, 6.07) is 6.37. The molecule has 6 heteroatoms. The zero-order chi connectivity index (χ0) is 19.7. The average Bonchev–Trinajstić information content (AvgIpc) is 3.11. The molecule has 0 radical (unpaired) electrons. The van der Waals surface area contributed by atoms with Crippen molar-refractivity contribution in [2.45, 2.75) is 51.2 Å². The number of piperidine rings is 1. The predicted octanol–water partition coefficient (Wildman–Crippen LogP) is 3.03. The fourth-order valence-corrected chi connectivity index (χ4v) is 4.53. The van der Waals surface area contributed by atoms with Crippen molar-refractivity contribution in [2.24, 2.45) is 0 Å². The SMILES string of the molecule is Cc1ccc(N2CCC(NC(=O)CC3(F)CCNCC3)C2)c2c(C)ccnc12. The van der Waals surface area contributed by atoms with Crippen molar-refractivity contribution in [1.29, 1.82) is 0 Å². The van der Waals surface area contributed by atoms with Crippen LogP contribution in [0.15, 0.2) is 24.4 Å². The minimum absolute atomic E-state index is 0.0261. The van der Waals surface area contributed by atoms with Gasteiger partial charge in [-0.1, -0.05) is 6.07 Å². The number of nitrogens with one attached hydrogen (secondary N) is 2. The predicted molar refractivity (Wildman–Crippen MR) is 111 cm³/mol. The summed E-state index contributed by atoms with van der Waals surface area (Å²) in [7, 11) is 0. The minimum atomic E-state index is -1.36. The highest BCUT2D eigenvalue weighted by molar-refractivity contribution is 5.96. The monoisotopic (exact) mass is 384 g/mol. The number of aryl methyl sites for hydroxylation is 2. The molecule has 2 aliphatic heterocycles. The molecule has 150 valence electrons. The third kappa shape index (κ3) is 3.83. The normalized spacial score (nSPS) is 21.8. The molecule has 2 saturated heterocycles. The fraction of sp³-hybridized carbons (Fsp3) is 0.545. The first-order valence-corrected chi connectivity index (χ1v) is 10.2. The topological polar surface area (TPSA) is 57.3 Å². The highest BCUT2D eigenvalue weighted by Gasteiger charge is 2.35. The molecule has 1 aromatic carbocycles. The number of amides is 1. The zero-order valence-electron chi connectivity index (χ0n) is 16.7. The van der Waals surface area contributed by atoms with Gasteiger partial charge in [-0.05, 0) is 69.5 Å². The lowest BCUT2D eigenvalue weighted by atomic mass is 9.90. The summed E-state index contributed by atoms with van der Waals surface area (Å²) in [6.07, 6.45) is 3.54. The first-order valence-electron chi connectivity index (χ1n) is 10.2. The Labute approximate surface area is 165 Å². The number of rotatable bonds is 4. The number of anilines is 1. The molecular formula is C22H29FN4O. The van der Waals surface area contributed by atoms with Gasteiger partial charge in [0, 0.05) is 36.4 Å². The number of alkyl halides is 1. The molecule has 2 aliphatic rings. The number of carbonyl (C=O) groups is 1. The second kappa shape index (κ2) is 7.66. The Kier molecular flexibility index (Phi) is 5.23. The Morgan fingerprint density at radius 2 is 2.07 bits per heavy atom. The Balaban J connectivity index is 1.44. The Bertz CT molecular complexity index is 878. The number of halogens is 1. The number of nitrogens with zero attached hydrogens (tertiary/aromatic N) is 2. The third-order valence-corrected chi connectivity index (χ3v) is 6.15. The summed E-state index contributed by atoms with van der Waals surface area (Å²) in [6.45, 7) is 7.12. The summed E-state index contributed by atoms with van der Waals surface area (Å²) in [5, 5.41) is 7.41. The highest BCUT2D eigenvalue weighted by Crippen LogP contribution is 2.33. The van der Waals surface area contributed by atoms with Crippen LogP contribution in [0.5, 0.6) is 0 Å². The van der Waals surface area contributed by atoms with Crippen molar-refractivity contribution in [3.8, 4) is 0 Å². The lowest BCUT2D eigenvalue weighted by Gasteiger charge is -2.30. The molecule has 1 atom stereocenters. The van der Waals surface area contributed by atoms with Gasteiger partial charge in [0.1, 0.15) is 5.67 Å². The number of hydrogen-bond donors (Lipinski definition) is 2. The van der Waals surface area contributed by atoms with Gasteiger partial charge in [-0.15, -0.1) is 0 Å². The largest absolute Gasteiger partial charge is 0.369 e. The van der Waals surface area contributed by atoms with Crippen LogP contribution in [0.2, 0.25) is 0 Å². The second-order valence-corrected chi connectivity index (χ2v) is 8.33. The van der Waals surface area contributed by atoms with Gasteiger partial charge in [0.05, 0.1) is 11.9 Å². The molecule has 4 rings (SSSR count). The maximum absolute atomic E-state index is 14.8. The van der Waals surface area contributed by atoms with Gasteiger partial charge >= 0.3 is 0 Å². The summed E-state index contributed by atoms with van der Waals surface area (Å²) < 4.78 is 14.8. The van der Waals surface area contributed by atoms with E-state index >= 15 is 0 Å². The van der Waals surface area contributed by atoms with Gasteiger partial charge in [-0.3, -0.25) is 9.78 Å². The number of aromatic nitrogens is 1. The molecule has 28 heavy (non-hydrogen) atoms. The second-order valence-electron chi connectivity index (χ2n) is 8.33. The maximum atomic E-state index is 14.8. The molecule has 2 aromatic rings. The van der Waals surface area contributed by atoms with Crippen LogP contribution in [0.4, 0.5) is 10.1 Å². The number of carbonyl (C=O) groups excluding carboxylic acids is 1. The van der Waals surface area contributed by atoms with Crippen molar-refractivity contribution in [2.75, 3.05) is 31.1 Å². The van der Waals surface area contributed by atoms with Gasteiger partial charge in [0.25, 0.3) is 0 Å². The summed E-state index contributed by atoms with van der Waals surface area (Å²) in [5.74, 6) is -0.164. The molecule has 0 bridgehead atoms. The van der Waals surface area contributed by atoms with Crippen molar-refractivity contribution < 1.29 is 9.18 Å². The van der Waals surface area contributed by atoms with E-state index in [1.54, 1.807) is 0 Å². The number of pyridine rings is 1. The molecule has 0 saturated carbocycles. The van der Waals surface area contributed by atoms with Gasteiger partial charge in [-0.2, -0.15) is 0 Å². The van der Waals surface area contributed by atoms with Crippen LogP contribution in [0.1, 0.15) is 36.8 Å². The average molecular weight is 384 g/mol. The number of hydrogen-bond acceptors (Lipinski definition) is 4. The highest BCUT2D eigenvalue weighted by atomic mass is 19.1. The number of benzene rings is 1. The van der Waals surface area contributed by atoms with Gasteiger partial charge in [0.15, 0.2) is 0 Å². The first-order chi connectivity index (χ1) is 13.5. The van der Waals surface area contributed by atoms with E-state index in [4.69, 9.17) is 0 Å². The van der Waals surface area contributed by atoms with Crippen LogP contribution in [-0.2, 0) is 4.79 Å². The van der Waals surface area contributed by atoms with E-state index in [-0.39, 0.29) is 18.4 Å². The molecular weight excluding hydrogens is 355 g/mol. The van der Waals surface area contributed by atoms with E-state index in [2.05, 4.69) is 46.5 Å². The van der Waals surface area contributed by atoms with E-state index in [0.29, 0.717) is 25.9 Å². The first kappa shape index (κ1) is 19.1. The van der Waals surface area contributed by atoms with Crippen LogP contribution < -0.4 is 15.5 Å². The van der Waals surface area contributed by atoms with Crippen molar-refractivity contribution >= 4 is 22.5 Å². The van der Waals surface area contributed by atoms with E-state index in [9.17, 15) is 9.18 Å². The quantitative estimate of drug-likeness (QED) is 0.851. The van der Waals surface area contributed by atoms with Crippen LogP contribution in [0.3, 0.4) is 0 Å². The number of fused-ring (bicyclic) bond motifs is 1. The van der Waals surface area contributed by atoms with Crippen molar-refractivity contribution in [3.05, 3.63) is 35.5 Å². The molecule has 2 N–H and O–H groups in total. The zero-order valence-corrected chi connectivity index (χ0v) is 16.7. The molecule has 2 fully saturated rings. The van der Waals surface area contributed by atoms with Crippen LogP contribution >= 0.6 is 0 Å². The summed E-state index contributed by atoms with van der Waals surface area (Å²) in [5.41, 5.74) is 3.23. The molecule has 3 heterocycles. The van der Waals surface area contributed by atoms with Gasteiger partial charge in [-0.25, -0.2) is 4.39 Å². The van der Waals surface area contributed by atoms with Crippen molar-refractivity contribution in [3.63, 3.8) is 0 Å². The maximum Gasteiger partial charge on any atom is 0.223 e.